The summed E-state index contributed by atoms with van der Waals surface area (Å²) in [6, 6.07) is 4.18. The molecule has 0 amide bonds. The van der Waals surface area contributed by atoms with Gasteiger partial charge in [0.15, 0.2) is 0 Å². The predicted molar refractivity (Wildman–Crippen MR) is 64.8 cm³/mol. The number of aryl methyl sites for hydroxylation is 2. The van der Waals surface area contributed by atoms with Crippen LogP contribution in [-0.2, 0) is 0 Å². The number of rotatable bonds is 4. The number of thiol groups is 1. The van der Waals surface area contributed by atoms with Gasteiger partial charge in [0.2, 0.25) is 0 Å². The quantitative estimate of drug-likeness (QED) is 0.747. The first-order chi connectivity index (χ1) is 6.69. The lowest BCUT2D eigenvalue weighted by Crippen LogP contribution is -2.06. The molecule has 0 spiro atoms. The van der Waals surface area contributed by atoms with Gasteiger partial charge in [-0.3, -0.25) is 0 Å². The molecule has 2 nitrogen and oxygen atoms in total. The van der Waals surface area contributed by atoms with Gasteiger partial charge < -0.3 is 10.1 Å². The second-order valence-corrected chi connectivity index (χ2v) is 3.76. The minimum atomic E-state index is 0.816. The van der Waals surface area contributed by atoms with Gasteiger partial charge in [0.1, 0.15) is 5.75 Å². The van der Waals surface area contributed by atoms with E-state index in [9.17, 15) is 0 Å². The van der Waals surface area contributed by atoms with Crippen molar-refractivity contribution < 1.29 is 4.74 Å². The van der Waals surface area contributed by atoms with Crippen molar-refractivity contribution in [2.45, 2.75) is 13.8 Å². The van der Waals surface area contributed by atoms with Crippen LogP contribution in [0.15, 0.2) is 12.1 Å². The summed E-state index contributed by atoms with van der Waals surface area (Å²) in [4.78, 5) is 0. The third-order valence-corrected chi connectivity index (χ3v) is 2.30. The zero-order valence-electron chi connectivity index (χ0n) is 8.92. The van der Waals surface area contributed by atoms with Crippen LogP contribution in [0.4, 0.5) is 5.69 Å². The fourth-order valence-corrected chi connectivity index (χ4v) is 1.61. The maximum atomic E-state index is 5.32. The highest BCUT2D eigenvalue weighted by atomic mass is 32.1. The Balaban J connectivity index is 2.99. The van der Waals surface area contributed by atoms with E-state index in [0.717, 1.165) is 23.7 Å². The van der Waals surface area contributed by atoms with Gasteiger partial charge in [0, 0.05) is 12.3 Å². The topological polar surface area (TPSA) is 21.3 Å². The maximum absolute atomic E-state index is 5.32. The molecule has 0 aliphatic rings. The number of benzene rings is 1. The molecule has 0 radical (unpaired) electrons. The molecule has 0 aliphatic carbocycles. The van der Waals surface area contributed by atoms with E-state index in [-0.39, 0.29) is 0 Å². The average Bonchev–Trinajstić information content (AvgIpc) is 2.15. The van der Waals surface area contributed by atoms with E-state index < -0.39 is 0 Å². The SMILES string of the molecule is COc1cc(C)cc(C)c1NCCS. The monoisotopic (exact) mass is 211 g/mol. The molecule has 14 heavy (non-hydrogen) atoms. The van der Waals surface area contributed by atoms with Gasteiger partial charge in [-0.25, -0.2) is 0 Å². The zero-order chi connectivity index (χ0) is 10.6. The number of methoxy groups -OCH3 is 1. The highest BCUT2D eigenvalue weighted by Crippen LogP contribution is 2.29. The van der Waals surface area contributed by atoms with Crippen molar-refractivity contribution >= 4 is 18.3 Å². The largest absolute Gasteiger partial charge is 0.495 e. The van der Waals surface area contributed by atoms with Gasteiger partial charge in [-0.1, -0.05) is 6.07 Å². The maximum Gasteiger partial charge on any atom is 0.142 e. The summed E-state index contributed by atoms with van der Waals surface area (Å²) in [5.74, 6) is 1.72. The molecule has 1 rings (SSSR count). The zero-order valence-corrected chi connectivity index (χ0v) is 9.82. The van der Waals surface area contributed by atoms with Crippen LogP contribution in [-0.4, -0.2) is 19.4 Å². The Morgan fingerprint density at radius 1 is 1.36 bits per heavy atom. The predicted octanol–water partition coefficient (Wildman–Crippen LogP) is 2.65. The van der Waals surface area contributed by atoms with E-state index in [1.807, 2.05) is 6.07 Å². The third kappa shape index (κ3) is 2.58. The first-order valence-corrected chi connectivity index (χ1v) is 5.32. The molecule has 1 N–H and O–H groups in total. The number of ether oxygens (including phenoxy) is 1. The fourth-order valence-electron chi connectivity index (χ4n) is 1.50. The normalized spacial score (nSPS) is 10.0. The lowest BCUT2D eigenvalue weighted by atomic mass is 10.1. The van der Waals surface area contributed by atoms with Crippen molar-refractivity contribution in [2.24, 2.45) is 0 Å². The highest BCUT2D eigenvalue weighted by Gasteiger charge is 2.06. The molecular formula is C11H17NOS. The van der Waals surface area contributed by atoms with Gasteiger partial charge >= 0.3 is 0 Å². The van der Waals surface area contributed by atoms with Crippen LogP contribution in [0, 0.1) is 13.8 Å². The average molecular weight is 211 g/mol. The molecule has 3 heteroatoms. The Hall–Kier alpha value is -0.830. The summed E-state index contributed by atoms with van der Waals surface area (Å²) in [5.41, 5.74) is 3.51. The molecule has 0 bridgehead atoms. The van der Waals surface area contributed by atoms with E-state index >= 15 is 0 Å². The van der Waals surface area contributed by atoms with Crippen LogP contribution in [0.3, 0.4) is 0 Å². The van der Waals surface area contributed by atoms with E-state index in [1.54, 1.807) is 7.11 Å². The van der Waals surface area contributed by atoms with Gasteiger partial charge in [-0.15, -0.1) is 0 Å². The summed E-state index contributed by atoms with van der Waals surface area (Å²) in [7, 11) is 1.69. The summed E-state index contributed by atoms with van der Waals surface area (Å²) in [5, 5.41) is 3.31. The van der Waals surface area contributed by atoms with E-state index in [0.29, 0.717) is 0 Å². The van der Waals surface area contributed by atoms with Gasteiger partial charge in [-0.2, -0.15) is 12.6 Å². The molecule has 0 aliphatic heterocycles. The number of hydrogen-bond donors (Lipinski definition) is 2. The van der Waals surface area contributed by atoms with Gasteiger partial charge in [0.05, 0.1) is 12.8 Å². The summed E-state index contributed by atoms with van der Waals surface area (Å²) >= 11 is 4.17. The minimum absolute atomic E-state index is 0.816. The Morgan fingerprint density at radius 2 is 2.07 bits per heavy atom. The van der Waals surface area contributed by atoms with E-state index in [1.165, 1.54) is 11.1 Å². The molecule has 1 aromatic carbocycles. The lowest BCUT2D eigenvalue weighted by molar-refractivity contribution is 0.416. The molecule has 0 heterocycles. The molecule has 0 unspecified atom stereocenters. The van der Waals surface area contributed by atoms with Crippen LogP contribution in [0.25, 0.3) is 0 Å². The Kier molecular flexibility index (Phi) is 4.14. The third-order valence-electron chi connectivity index (χ3n) is 2.08. The van der Waals surface area contributed by atoms with Crippen LogP contribution >= 0.6 is 12.6 Å². The van der Waals surface area contributed by atoms with Crippen molar-refractivity contribution in [3.05, 3.63) is 23.3 Å². The van der Waals surface area contributed by atoms with Crippen molar-refractivity contribution in [1.29, 1.82) is 0 Å². The summed E-state index contributed by atoms with van der Waals surface area (Å²) < 4.78 is 5.32. The molecule has 78 valence electrons. The van der Waals surface area contributed by atoms with Crippen LogP contribution in [0.5, 0.6) is 5.75 Å². The van der Waals surface area contributed by atoms with Crippen LogP contribution in [0.2, 0.25) is 0 Å². The van der Waals surface area contributed by atoms with Crippen molar-refractivity contribution in [3.8, 4) is 5.75 Å². The second kappa shape index (κ2) is 5.15. The van der Waals surface area contributed by atoms with Crippen LogP contribution < -0.4 is 10.1 Å². The Labute approximate surface area is 91.1 Å². The molecule has 0 atom stereocenters. The lowest BCUT2D eigenvalue weighted by Gasteiger charge is -2.14. The molecular weight excluding hydrogens is 194 g/mol. The smallest absolute Gasteiger partial charge is 0.142 e. The van der Waals surface area contributed by atoms with E-state index in [4.69, 9.17) is 4.74 Å². The molecule has 0 aromatic heterocycles. The van der Waals surface area contributed by atoms with Gasteiger partial charge in [-0.05, 0) is 31.0 Å². The first-order valence-electron chi connectivity index (χ1n) is 4.69. The fraction of sp³-hybridized carbons (Fsp3) is 0.455. The number of anilines is 1. The highest BCUT2D eigenvalue weighted by molar-refractivity contribution is 7.80. The molecule has 0 saturated heterocycles. The Morgan fingerprint density at radius 3 is 2.64 bits per heavy atom. The summed E-state index contributed by atoms with van der Waals surface area (Å²) in [6.45, 7) is 5.00. The van der Waals surface area contributed by atoms with Crippen molar-refractivity contribution in [3.63, 3.8) is 0 Å². The molecule has 0 saturated carbocycles. The van der Waals surface area contributed by atoms with Crippen molar-refractivity contribution in [1.82, 2.24) is 0 Å². The van der Waals surface area contributed by atoms with Gasteiger partial charge in [0.25, 0.3) is 0 Å². The summed E-state index contributed by atoms with van der Waals surface area (Å²) in [6.07, 6.45) is 0. The van der Waals surface area contributed by atoms with Crippen molar-refractivity contribution in [2.75, 3.05) is 24.7 Å². The second-order valence-electron chi connectivity index (χ2n) is 3.31. The standard InChI is InChI=1S/C11H17NOS/c1-8-6-9(2)11(12-4-5-14)10(7-8)13-3/h6-7,12,14H,4-5H2,1-3H3. The van der Waals surface area contributed by atoms with Crippen LogP contribution in [0.1, 0.15) is 11.1 Å². The number of hydrogen-bond acceptors (Lipinski definition) is 3. The first kappa shape index (κ1) is 11.2. The number of nitrogens with one attached hydrogen (secondary N) is 1. The Bertz CT molecular complexity index is 312. The molecule has 1 aromatic rings. The van der Waals surface area contributed by atoms with E-state index in [2.05, 4.69) is 37.9 Å². The molecule has 0 fully saturated rings. The minimum Gasteiger partial charge on any atom is -0.495 e.